The molecule has 0 saturated heterocycles. The third-order valence-electron chi connectivity index (χ3n) is 1.76. The standard InChI is InChI=1S/C9H9ClF3NO2/c1-5-3-7(15-2)14-6(4-10)8(5)16-9(11,12)13/h3H,4H2,1-2H3. The maximum absolute atomic E-state index is 12.1. The Balaban J connectivity index is 3.16. The Morgan fingerprint density at radius 3 is 2.50 bits per heavy atom. The number of halogens is 4. The lowest BCUT2D eigenvalue weighted by Crippen LogP contribution is -2.19. The summed E-state index contributed by atoms with van der Waals surface area (Å²) in [5, 5.41) is 0. The monoisotopic (exact) mass is 255 g/mol. The van der Waals surface area contributed by atoms with E-state index in [0.29, 0.717) is 0 Å². The zero-order valence-corrected chi connectivity index (χ0v) is 9.32. The highest BCUT2D eigenvalue weighted by Gasteiger charge is 2.33. The lowest BCUT2D eigenvalue weighted by molar-refractivity contribution is -0.275. The van der Waals surface area contributed by atoms with Crippen LogP contribution in [-0.4, -0.2) is 18.5 Å². The molecule has 0 aromatic carbocycles. The second kappa shape index (κ2) is 4.78. The van der Waals surface area contributed by atoms with Crippen LogP contribution in [0, 0.1) is 6.92 Å². The number of aryl methyl sites for hydroxylation is 1. The zero-order chi connectivity index (χ0) is 12.3. The fraction of sp³-hybridized carbons (Fsp3) is 0.444. The van der Waals surface area contributed by atoms with E-state index in [-0.39, 0.29) is 28.8 Å². The Kier molecular flexibility index (Phi) is 3.85. The largest absolute Gasteiger partial charge is 0.573 e. The first-order valence-electron chi connectivity index (χ1n) is 4.23. The Labute approximate surface area is 95.1 Å². The Bertz CT molecular complexity index is 382. The van der Waals surface area contributed by atoms with Crippen molar-refractivity contribution in [3.63, 3.8) is 0 Å². The van der Waals surface area contributed by atoms with Crippen molar-refractivity contribution >= 4 is 11.6 Å². The molecule has 0 N–H and O–H groups in total. The lowest BCUT2D eigenvalue weighted by Gasteiger charge is -2.14. The zero-order valence-electron chi connectivity index (χ0n) is 8.56. The van der Waals surface area contributed by atoms with Gasteiger partial charge >= 0.3 is 6.36 Å². The number of methoxy groups -OCH3 is 1. The van der Waals surface area contributed by atoms with Crippen LogP contribution < -0.4 is 9.47 Å². The summed E-state index contributed by atoms with van der Waals surface area (Å²) in [6, 6.07) is 1.34. The minimum Gasteiger partial charge on any atom is -0.481 e. The van der Waals surface area contributed by atoms with Crippen LogP contribution in [0.15, 0.2) is 6.07 Å². The van der Waals surface area contributed by atoms with E-state index in [2.05, 4.69) is 9.72 Å². The molecule has 0 aliphatic heterocycles. The van der Waals surface area contributed by atoms with Crippen LogP contribution in [-0.2, 0) is 5.88 Å². The molecule has 1 aromatic rings. The third-order valence-corrected chi connectivity index (χ3v) is 2.01. The van der Waals surface area contributed by atoms with Gasteiger partial charge in [0.25, 0.3) is 0 Å². The summed E-state index contributed by atoms with van der Waals surface area (Å²) in [5.74, 6) is -0.366. The van der Waals surface area contributed by atoms with Gasteiger partial charge in [0.05, 0.1) is 13.0 Å². The van der Waals surface area contributed by atoms with Crippen molar-refractivity contribution in [1.29, 1.82) is 0 Å². The highest BCUT2D eigenvalue weighted by molar-refractivity contribution is 6.17. The maximum atomic E-state index is 12.1. The molecule has 7 heteroatoms. The quantitative estimate of drug-likeness (QED) is 0.778. The maximum Gasteiger partial charge on any atom is 0.573 e. The molecular weight excluding hydrogens is 247 g/mol. The first-order chi connectivity index (χ1) is 7.37. The summed E-state index contributed by atoms with van der Waals surface area (Å²) < 4.78 is 45.0. The van der Waals surface area contributed by atoms with E-state index in [1.54, 1.807) is 0 Å². The van der Waals surface area contributed by atoms with Gasteiger partial charge in [0.1, 0.15) is 5.69 Å². The van der Waals surface area contributed by atoms with E-state index in [0.717, 1.165) is 0 Å². The number of hydrogen-bond acceptors (Lipinski definition) is 3. The highest BCUT2D eigenvalue weighted by Crippen LogP contribution is 2.31. The van der Waals surface area contributed by atoms with Crippen molar-refractivity contribution in [3.05, 3.63) is 17.3 Å². The Morgan fingerprint density at radius 2 is 2.06 bits per heavy atom. The molecule has 0 aliphatic carbocycles. The minimum absolute atomic E-state index is 0.00385. The van der Waals surface area contributed by atoms with Gasteiger partial charge < -0.3 is 9.47 Å². The van der Waals surface area contributed by atoms with E-state index in [1.165, 1.54) is 20.1 Å². The van der Waals surface area contributed by atoms with Crippen LogP contribution in [0.4, 0.5) is 13.2 Å². The summed E-state index contributed by atoms with van der Waals surface area (Å²) in [4.78, 5) is 3.78. The van der Waals surface area contributed by atoms with Crippen molar-refractivity contribution in [1.82, 2.24) is 4.98 Å². The van der Waals surface area contributed by atoms with Crippen LogP contribution in [0.1, 0.15) is 11.3 Å². The SMILES string of the molecule is COc1cc(C)c(OC(F)(F)F)c(CCl)n1. The smallest absolute Gasteiger partial charge is 0.481 e. The normalized spacial score (nSPS) is 11.4. The number of nitrogens with zero attached hydrogens (tertiary/aromatic N) is 1. The second-order valence-electron chi connectivity index (χ2n) is 2.94. The first kappa shape index (κ1) is 12.9. The predicted molar refractivity (Wildman–Crippen MR) is 51.8 cm³/mol. The minimum atomic E-state index is -4.76. The molecule has 0 bridgehead atoms. The number of alkyl halides is 4. The van der Waals surface area contributed by atoms with Crippen molar-refractivity contribution in [3.8, 4) is 11.6 Å². The van der Waals surface area contributed by atoms with E-state index in [1.807, 2.05) is 0 Å². The summed E-state index contributed by atoms with van der Waals surface area (Å²) >= 11 is 5.50. The molecule has 0 saturated carbocycles. The number of aromatic nitrogens is 1. The molecule has 1 heterocycles. The van der Waals surface area contributed by atoms with Gasteiger partial charge in [-0.15, -0.1) is 24.8 Å². The molecule has 1 aromatic heterocycles. The topological polar surface area (TPSA) is 31.4 Å². The Hall–Kier alpha value is -1.17. The molecular formula is C9H9ClF3NO2. The molecule has 90 valence electrons. The van der Waals surface area contributed by atoms with Gasteiger partial charge in [0, 0.05) is 6.07 Å². The fourth-order valence-corrected chi connectivity index (χ4v) is 1.33. The number of rotatable bonds is 3. The van der Waals surface area contributed by atoms with Gasteiger partial charge in [-0.2, -0.15) is 0 Å². The van der Waals surface area contributed by atoms with Crippen LogP contribution in [0.2, 0.25) is 0 Å². The van der Waals surface area contributed by atoms with Crippen molar-refractivity contribution < 1.29 is 22.6 Å². The van der Waals surface area contributed by atoms with Gasteiger partial charge in [-0.1, -0.05) is 0 Å². The highest BCUT2D eigenvalue weighted by atomic mass is 35.5. The van der Waals surface area contributed by atoms with Crippen LogP contribution in [0.3, 0.4) is 0 Å². The molecule has 0 unspecified atom stereocenters. The van der Waals surface area contributed by atoms with Gasteiger partial charge in [0.15, 0.2) is 5.75 Å². The summed E-state index contributed by atoms with van der Waals surface area (Å²) in [5.41, 5.74) is 0.260. The average molecular weight is 256 g/mol. The summed E-state index contributed by atoms with van der Waals surface area (Å²) in [6.45, 7) is 1.46. The van der Waals surface area contributed by atoms with Gasteiger partial charge in [0.2, 0.25) is 5.88 Å². The molecule has 0 fully saturated rings. The van der Waals surface area contributed by atoms with Crippen molar-refractivity contribution in [2.24, 2.45) is 0 Å². The number of ether oxygens (including phenoxy) is 2. The first-order valence-corrected chi connectivity index (χ1v) is 4.77. The molecule has 16 heavy (non-hydrogen) atoms. The molecule has 0 aliphatic rings. The number of pyridine rings is 1. The molecule has 0 spiro atoms. The molecule has 3 nitrogen and oxygen atoms in total. The molecule has 0 amide bonds. The van der Waals surface area contributed by atoms with Crippen molar-refractivity contribution in [2.45, 2.75) is 19.2 Å². The predicted octanol–water partition coefficient (Wildman–Crippen LogP) is 3.04. The second-order valence-corrected chi connectivity index (χ2v) is 3.21. The van der Waals surface area contributed by atoms with Crippen LogP contribution >= 0.6 is 11.6 Å². The van der Waals surface area contributed by atoms with E-state index >= 15 is 0 Å². The molecule has 0 atom stereocenters. The molecule has 1 rings (SSSR count). The fourth-order valence-electron chi connectivity index (χ4n) is 1.14. The van der Waals surface area contributed by atoms with Gasteiger partial charge in [-0.05, 0) is 12.5 Å². The third kappa shape index (κ3) is 3.16. The van der Waals surface area contributed by atoms with E-state index < -0.39 is 6.36 Å². The van der Waals surface area contributed by atoms with E-state index in [4.69, 9.17) is 16.3 Å². The molecule has 0 radical (unpaired) electrons. The summed E-state index contributed by atoms with van der Waals surface area (Å²) in [6.07, 6.45) is -4.76. The van der Waals surface area contributed by atoms with Gasteiger partial charge in [-0.25, -0.2) is 4.98 Å². The number of hydrogen-bond donors (Lipinski definition) is 0. The Morgan fingerprint density at radius 1 is 1.44 bits per heavy atom. The van der Waals surface area contributed by atoms with Gasteiger partial charge in [-0.3, -0.25) is 0 Å². The lowest BCUT2D eigenvalue weighted by atomic mass is 10.2. The van der Waals surface area contributed by atoms with Crippen molar-refractivity contribution in [2.75, 3.05) is 7.11 Å². The van der Waals surface area contributed by atoms with Crippen LogP contribution in [0.25, 0.3) is 0 Å². The average Bonchev–Trinajstić information content (AvgIpc) is 2.19. The summed E-state index contributed by atoms with van der Waals surface area (Å²) in [7, 11) is 1.37. The van der Waals surface area contributed by atoms with E-state index in [9.17, 15) is 13.2 Å². The van der Waals surface area contributed by atoms with Crippen LogP contribution in [0.5, 0.6) is 11.6 Å².